The predicted molar refractivity (Wildman–Crippen MR) is 84.2 cm³/mol. The second-order valence-electron chi connectivity index (χ2n) is 5.66. The molecule has 1 aromatic heterocycles. The zero-order chi connectivity index (χ0) is 17.1. The van der Waals surface area contributed by atoms with Crippen molar-refractivity contribution in [3.8, 4) is 0 Å². The van der Waals surface area contributed by atoms with Gasteiger partial charge in [0.25, 0.3) is 11.8 Å². The zero-order valence-electron chi connectivity index (χ0n) is 13.2. The van der Waals surface area contributed by atoms with Crippen molar-refractivity contribution in [3.05, 3.63) is 46.3 Å². The van der Waals surface area contributed by atoms with E-state index in [-0.39, 0.29) is 24.2 Å². The molecule has 6 nitrogen and oxygen atoms in total. The molecule has 3 rings (SSSR count). The van der Waals surface area contributed by atoms with Gasteiger partial charge in [0.05, 0.1) is 11.7 Å². The minimum atomic E-state index is -0.561. The lowest BCUT2D eigenvalue weighted by molar-refractivity contribution is -0.00985. The van der Waals surface area contributed by atoms with Crippen molar-refractivity contribution in [2.75, 3.05) is 13.1 Å². The highest BCUT2D eigenvalue weighted by Crippen LogP contribution is 2.21. The Kier molecular flexibility index (Phi) is 5.11. The summed E-state index contributed by atoms with van der Waals surface area (Å²) in [6, 6.07) is 3.99. The summed E-state index contributed by atoms with van der Waals surface area (Å²) in [6.07, 6.45) is 1.34. The lowest BCUT2D eigenvalue weighted by Gasteiger charge is -2.31. The molecule has 0 N–H and O–H groups in total. The van der Waals surface area contributed by atoms with Crippen LogP contribution in [0.3, 0.4) is 0 Å². The summed E-state index contributed by atoms with van der Waals surface area (Å²) in [5.74, 6) is 0.0973. The molecule has 0 radical (unpaired) electrons. The van der Waals surface area contributed by atoms with E-state index in [1.54, 1.807) is 11.8 Å². The Labute approximate surface area is 143 Å². The van der Waals surface area contributed by atoms with Crippen molar-refractivity contribution in [1.82, 2.24) is 15.0 Å². The maximum Gasteiger partial charge on any atom is 0.256 e. The van der Waals surface area contributed by atoms with Crippen molar-refractivity contribution in [1.29, 1.82) is 0 Å². The van der Waals surface area contributed by atoms with Gasteiger partial charge in [-0.15, -0.1) is 0 Å². The second kappa shape index (κ2) is 7.27. The molecular weight excluding hydrogens is 337 g/mol. The number of hydrogen-bond donors (Lipinski definition) is 0. The van der Waals surface area contributed by atoms with E-state index in [1.807, 2.05) is 0 Å². The Morgan fingerprint density at radius 1 is 1.46 bits per heavy atom. The standard InChI is InChI=1S/C16H17ClFN3O3/c1-10-19-15(24-20-10)9-23-12-4-6-21(7-5-12)16(22)13-8-11(17)2-3-14(13)18/h2-3,8,12H,4-7,9H2,1H3. The molecule has 128 valence electrons. The Morgan fingerprint density at radius 3 is 2.88 bits per heavy atom. The van der Waals surface area contributed by atoms with Gasteiger partial charge in [-0.1, -0.05) is 16.8 Å². The Bertz CT molecular complexity index is 729. The molecule has 0 unspecified atom stereocenters. The maximum absolute atomic E-state index is 13.8. The van der Waals surface area contributed by atoms with Crippen LogP contribution in [0.5, 0.6) is 0 Å². The van der Waals surface area contributed by atoms with Gasteiger partial charge in [0.1, 0.15) is 12.4 Å². The molecule has 0 saturated carbocycles. The molecule has 24 heavy (non-hydrogen) atoms. The number of nitrogens with zero attached hydrogens (tertiary/aromatic N) is 3. The number of piperidine rings is 1. The first kappa shape index (κ1) is 16.9. The normalized spacial score (nSPS) is 15.7. The molecule has 1 aliphatic heterocycles. The van der Waals surface area contributed by atoms with Crippen molar-refractivity contribution in [2.24, 2.45) is 0 Å². The van der Waals surface area contributed by atoms with Gasteiger partial charge in [-0.25, -0.2) is 4.39 Å². The Hall–Kier alpha value is -1.99. The Balaban J connectivity index is 1.53. The number of carbonyl (C=O) groups is 1. The molecule has 1 aliphatic rings. The Morgan fingerprint density at radius 2 is 2.21 bits per heavy atom. The van der Waals surface area contributed by atoms with Gasteiger partial charge in [-0.3, -0.25) is 4.79 Å². The van der Waals surface area contributed by atoms with Gasteiger partial charge in [-0.05, 0) is 38.0 Å². The number of halogens is 2. The third kappa shape index (κ3) is 3.91. The number of rotatable bonds is 4. The molecule has 1 saturated heterocycles. The van der Waals surface area contributed by atoms with E-state index in [4.69, 9.17) is 20.9 Å². The van der Waals surface area contributed by atoms with Gasteiger partial charge < -0.3 is 14.2 Å². The molecule has 1 amide bonds. The quantitative estimate of drug-likeness (QED) is 0.845. The number of ether oxygens (including phenoxy) is 1. The number of amides is 1. The predicted octanol–water partition coefficient (Wildman–Crippen LogP) is 2.99. The van der Waals surface area contributed by atoms with Crippen LogP contribution < -0.4 is 0 Å². The molecule has 0 atom stereocenters. The monoisotopic (exact) mass is 353 g/mol. The minimum Gasteiger partial charge on any atom is -0.368 e. The first-order valence-electron chi connectivity index (χ1n) is 7.68. The van der Waals surface area contributed by atoms with Crippen LogP contribution in [-0.4, -0.2) is 40.1 Å². The summed E-state index contributed by atoms with van der Waals surface area (Å²) in [6.45, 7) is 2.99. The van der Waals surface area contributed by atoms with Crippen molar-refractivity contribution in [3.63, 3.8) is 0 Å². The second-order valence-corrected chi connectivity index (χ2v) is 6.10. The lowest BCUT2D eigenvalue weighted by Crippen LogP contribution is -2.41. The zero-order valence-corrected chi connectivity index (χ0v) is 13.9. The molecule has 0 bridgehead atoms. The number of carbonyl (C=O) groups excluding carboxylic acids is 1. The fraction of sp³-hybridized carbons (Fsp3) is 0.438. The largest absolute Gasteiger partial charge is 0.368 e. The van der Waals surface area contributed by atoms with Crippen LogP contribution in [0.1, 0.15) is 34.9 Å². The van der Waals surface area contributed by atoms with E-state index in [1.165, 1.54) is 18.2 Å². The summed E-state index contributed by atoms with van der Waals surface area (Å²) in [7, 11) is 0. The van der Waals surface area contributed by atoms with Gasteiger partial charge in [0.2, 0.25) is 0 Å². The van der Waals surface area contributed by atoms with Gasteiger partial charge in [0.15, 0.2) is 5.82 Å². The van der Waals surface area contributed by atoms with Gasteiger partial charge in [-0.2, -0.15) is 4.98 Å². The first-order chi connectivity index (χ1) is 11.5. The van der Waals surface area contributed by atoms with E-state index in [0.717, 1.165) is 0 Å². The van der Waals surface area contributed by atoms with Crippen LogP contribution in [0.4, 0.5) is 4.39 Å². The highest BCUT2D eigenvalue weighted by atomic mass is 35.5. The number of aryl methyl sites for hydroxylation is 1. The smallest absolute Gasteiger partial charge is 0.256 e. The van der Waals surface area contributed by atoms with Crippen LogP contribution in [-0.2, 0) is 11.3 Å². The number of likely N-dealkylation sites (tertiary alicyclic amines) is 1. The van der Waals surface area contributed by atoms with Crippen LogP contribution in [0, 0.1) is 12.7 Å². The molecule has 0 aliphatic carbocycles. The summed E-state index contributed by atoms with van der Waals surface area (Å²) < 4.78 is 24.5. The number of aromatic nitrogens is 2. The lowest BCUT2D eigenvalue weighted by atomic mass is 10.1. The van der Waals surface area contributed by atoms with Crippen LogP contribution in [0.25, 0.3) is 0 Å². The summed E-state index contributed by atoms with van der Waals surface area (Å²) >= 11 is 5.85. The molecular formula is C16H17ClFN3O3. The fourth-order valence-corrected chi connectivity index (χ4v) is 2.82. The first-order valence-corrected chi connectivity index (χ1v) is 8.06. The average molecular weight is 354 g/mol. The summed E-state index contributed by atoms with van der Waals surface area (Å²) in [5.41, 5.74) is 0.00297. The molecule has 8 heteroatoms. The maximum atomic E-state index is 13.8. The molecule has 1 fully saturated rings. The van der Waals surface area contributed by atoms with Gasteiger partial charge in [0, 0.05) is 18.1 Å². The number of benzene rings is 1. The fourth-order valence-electron chi connectivity index (χ4n) is 2.65. The third-order valence-electron chi connectivity index (χ3n) is 3.90. The van der Waals surface area contributed by atoms with Gasteiger partial charge >= 0.3 is 0 Å². The summed E-state index contributed by atoms with van der Waals surface area (Å²) in [4.78, 5) is 18.1. The third-order valence-corrected chi connectivity index (χ3v) is 4.14. The summed E-state index contributed by atoms with van der Waals surface area (Å²) in [5, 5.41) is 4.04. The molecule has 0 spiro atoms. The van der Waals surface area contributed by atoms with Crippen molar-refractivity contribution in [2.45, 2.75) is 32.5 Å². The molecule has 1 aromatic carbocycles. The van der Waals surface area contributed by atoms with E-state index in [9.17, 15) is 9.18 Å². The number of hydrogen-bond acceptors (Lipinski definition) is 5. The van der Waals surface area contributed by atoms with Crippen molar-refractivity contribution >= 4 is 17.5 Å². The molecule has 2 aromatic rings. The van der Waals surface area contributed by atoms with Crippen LogP contribution >= 0.6 is 11.6 Å². The van der Waals surface area contributed by atoms with E-state index >= 15 is 0 Å². The SMILES string of the molecule is Cc1noc(COC2CCN(C(=O)c3cc(Cl)ccc3F)CC2)n1. The topological polar surface area (TPSA) is 68.5 Å². The van der Waals surface area contributed by atoms with E-state index < -0.39 is 5.82 Å². The highest BCUT2D eigenvalue weighted by molar-refractivity contribution is 6.31. The average Bonchev–Trinajstić information content (AvgIpc) is 3.00. The van der Waals surface area contributed by atoms with Crippen LogP contribution in [0.15, 0.2) is 22.7 Å². The van der Waals surface area contributed by atoms with E-state index in [0.29, 0.717) is 42.7 Å². The highest BCUT2D eigenvalue weighted by Gasteiger charge is 2.26. The minimum absolute atomic E-state index is 0.00297. The molecule has 2 heterocycles. The van der Waals surface area contributed by atoms with Crippen LogP contribution in [0.2, 0.25) is 5.02 Å². The van der Waals surface area contributed by atoms with E-state index in [2.05, 4.69) is 10.1 Å². The van der Waals surface area contributed by atoms with Crippen molar-refractivity contribution < 1.29 is 18.4 Å².